The van der Waals surface area contributed by atoms with Crippen molar-refractivity contribution in [1.82, 2.24) is 20.1 Å². The highest BCUT2D eigenvalue weighted by Gasteiger charge is 2.21. The zero-order valence-electron chi connectivity index (χ0n) is 17.5. The first kappa shape index (κ1) is 19.7. The van der Waals surface area contributed by atoms with Crippen molar-refractivity contribution in [2.45, 2.75) is 25.8 Å². The predicted octanol–water partition coefficient (Wildman–Crippen LogP) is 2.74. The van der Waals surface area contributed by atoms with E-state index < -0.39 is 6.04 Å². The lowest BCUT2D eigenvalue weighted by atomic mass is 10.0. The lowest BCUT2D eigenvalue weighted by Crippen LogP contribution is -2.36. The summed E-state index contributed by atoms with van der Waals surface area (Å²) in [5.74, 6) is 0.836. The molecule has 1 fully saturated rings. The molecule has 8 heteroatoms. The van der Waals surface area contributed by atoms with Crippen molar-refractivity contribution in [2.24, 2.45) is 10.9 Å². The van der Waals surface area contributed by atoms with Crippen LogP contribution in [0.5, 0.6) is 0 Å². The van der Waals surface area contributed by atoms with Crippen molar-refractivity contribution in [3.63, 3.8) is 0 Å². The van der Waals surface area contributed by atoms with Gasteiger partial charge in [-0.2, -0.15) is 5.10 Å². The van der Waals surface area contributed by atoms with Gasteiger partial charge in [0.15, 0.2) is 0 Å². The van der Waals surface area contributed by atoms with Gasteiger partial charge in [0, 0.05) is 37.6 Å². The van der Waals surface area contributed by atoms with E-state index in [-0.39, 0.29) is 5.91 Å². The van der Waals surface area contributed by atoms with Crippen molar-refractivity contribution >= 4 is 45.3 Å². The second-order valence-corrected chi connectivity index (χ2v) is 8.26. The highest BCUT2D eigenvalue weighted by atomic mass is 16.5. The van der Waals surface area contributed by atoms with Crippen LogP contribution in [-0.2, 0) is 9.53 Å². The minimum atomic E-state index is -0.443. The van der Waals surface area contributed by atoms with Crippen molar-refractivity contribution in [3.05, 3.63) is 36.0 Å². The molecule has 4 heterocycles. The number of allylic oxidation sites excluding steroid dienone is 1. The van der Waals surface area contributed by atoms with E-state index in [0.29, 0.717) is 24.8 Å². The number of aromatic nitrogens is 3. The number of nitrogens with one attached hydrogen (secondary N) is 1. The molecule has 1 amide bonds. The Kier molecular flexibility index (Phi) is 5.15. The van der Waals surface area contributed by atoms with E-state index in [1.165, 1.54) is 0 Å². The van der Waals surface area contributed by atoms with E-state index in [2.05, 4.69) is 21.4 Å². The van der Waals surface area contributed by atoms with Gasteiger partial charge in [0.25, 0.3) is 0 Å². The number of fused-ring (bicyclic) bond motifs is 3. The molecular weight excluding hydrogens is 392 g/mol. The van der Waals surface area contributed by atoms with Crippen LogP contribution in [0.25, 0.3) is 27.4 Å². The molecule has 5 rings (SSSR count). The summed E-state index contributed by atoms with van der Waals surface area (Å²) in [7, 11) is 0. The maximum atomic E-state index is 12.7. The number of nitrogens with two attached hydrogens (primary N) is 1. The molecule has 31 heavy (non-hydrogen) atoms. The average molecular weight is 419 g/mol. The molecule has 8 nitrogen and oxygen atoms in total. The molecule has 3 aromatic rings. The standard InChI is InChI=1S/C23H26N6O2/c1-14(23(30)26-11-15-5-8-31-9-6-15)29-13-19-21(28-29)18-3-2-16(17-4-7-25-12-17)10-20(18)27-22(19)24/h2-4,7,10,13-15H,5-6,8-9,11-12H2,1H3,(H2,24,27)(H,26,30). The molecule has 2 aliphatic heterocycles. The lowest BCUT2D eigenvalue weighted by Gasteiger charge is -2.23. The molecule has 0 bridgehead atoms. The third kappa shape index (κ3) is 3.79. The van der Waals surface area contributed by atoms with Gasteiger partial charge in [-0.3, -0.25) is 14.5 Å². The molecule has 1 atom stereocenters. The summed E-state index contributed by atoms with van der Waals surface area (Å²) < 4.78 is 7.07. The number of anilines is 1. The van der Waals surface area contributed by atoms with Crippen LogP contribution in [0.15, 0.2) is 35.5 Å². The fourth-order valence-electron chi connectivity index (χ4n) is 4.19. The number of pyridine rings is 1. The molecule has 1 aromatic carbocycles. The normalized spacial score (nSPS) is 17.9. The van der Waals surface area contributed by atoms with Crippen LogP contribution in [0, 0.1) is 5.92 Å². The van der Waals surface area contributed by atoms with Crippen LogP contribution >= 0.6 is 0 Å². The lowest BCUT2D eigenvalue weighted by molar-refractivity contribution is -0.124. The van der Waals surface area contributed by atoms with Crippen molar-refractivity contribution in [1.29, 1.82) is 0 Å². The van der Waals surface area contributed by atoms with Gasteiger partial charge in [0.2, 0.25) is 5.91 Å². The first-order valence-corrected chi connectivity index (χ1v) is 10.7. The van der Waals surface area contributed by atoms with E-state index in [9.17, 15) is 4.79 Å². The summed E-state index contributed by atoms with van der Waals surface area (Å²) in [5.41, 5.74) is 10.0. The molecule has 3 N–H and O–H groups in total. The fourth-order valence-corrected chi connectivity index (χ4v) is 4.19. The fraction of sp³-hybridized carbons (Fsp3) is 0.391. The number of hydrogen-bond donors (Lipinski definition) is 2. The topological polar surface area (TPSA) is 107 Å². The zero-order valence-corrected chi connectivity index (χ0v) is 17.5. The minimum Gasteiger partial charge on any atom is -0.383 e. The van der Waals surface area contributed by atoms with Crippen LogP contribution < -0.4 is 11.1 Å². The smallest absolute Gasteiger partial charge is 0.244 e. The summed E-state index contributed by atoms with van der Waals surface area (Å²) in [4.78, 5) is 21.6. The first-order chi connectivity index (χ1) is 15.1. The van der Waals surface area contributed by atoms with Crippen molar-refractivity contribution in [2.75, 3.05) is 32.0 Å². The van der Waals surface area contributed by atoms with Crippen molar-refractivity contribution < 1.29 is 9.53 Å². The van der Waals surface area contributed by atoms with Gasteiger partial charge in [-0.25, -0.2) is 4.98 Å². The van der Waals surface area contributed by atoms with E-state index in [4.69, 9.17) is 15.6 Å². The maximum Gasteiger partial charge on any atom is 0.244 e. The van der Waals surface area contributed by atoms with E-state index in [1.54, 1.807) is 4.68 Å². The van der Waals surface area contributed by atoms with Gasteiger partial charge >= 0.3 is 0 Å². The molecule has 160 valence electrons. The number of hydrogen-bond acceptors (Lipinski definition) is 6. The molecule has 0 spiro atoms. The third-order valence-electron chi connectivity index (χ3n) is 6.20. The number of amides is 1. The van der Waals surface area contributed by atoms with E-state index in [1.807, 2.05) is 37.5 Å². The Morgan fingerprint density at radius 2 is 2.16 bits per heavy atom. The second kappa shape index (κ2) is 8.11. The number of nitrogen functional groups attached to an aromatic ring is 1. The van der Waals surface area contributed by atoms with Crippen molar-refractivity contribution in [3.8, 4) is 0 Å². The van der Waals surface area contributed by atoms with Gasteiger partial charge in [0.1, 0.15) is 17.4 Å². The Bertz CT molecular complexity index is 1210. The van der Waals surface area contributed by atoms with Gasteiger partial charge in [0.05, 0.1) is 17.4 Å². The highest BCUT2D eigenvalue weighted by Crippen LogP contribution is 2.30. The SMILES string of the molecule is CC(C(=O)NCC1CCOCC1)n1cc2c(N)nc3cc(C4=CC=NC4)ccc3c2n1. The van der Waals surface area contributed by atoms with Crippen LogP contribution in [0.3, 0.4) is 0 Å². The number of rotatable bonds is 5. The number of benzene rings is 1. The summed E-state index contributed by atoms with van der Waals surface area (Å²) in [5, 5.41) is 9.46. The minimum absolute atomic E-state index is 0.0504. The van der Waals surface area contributed by atoms with Gasteiger partial charge in [-0.05, 0) is 55.0 Å². The monoisotopic (exact) mass is 418 g/mol. The maximum absolute atomic E-state index is 12.7. The summed E-state index contributed by atoms with van der Waals surface area (Å²) in [6.45, 7) is 4.74. The summed E-state index contributed by atoms with van der Waals surface area (Å²) in [6.07, 6.45) is 7.62. The number of carbonyl (C=O) groups excluding carboxylic acids is 1. The average Bonchev–Trinajstić information content (AvgIpc) is 3.48. The molecular formula is C23H26N6O2. The number of ether oxygens (including phenoxy) is 1. The van der Waals surface area contributed by atoms with Gasteiger partial charge < -0.3 is 15.8 Å². The number of carbonyl (C=O) groups is 1. The van der Waals surface area contributed by atoms with Crippen LogP contribution in [-0.4, -0.2) is 53.2 Å². The second-order valence-electron chi connectivity index (χ2n) is 8.26. The Morgan fingerprint density at radius 3 is 2.94 bits per heavy atom. The zero-order chi connectivity index (χ0) is 21.4. The molecule has 2 aromatic heterocycles. The predicted molar refractivity (Wildman–Crippen MR) is 122 cm³/mol. The summed E-state index contributed by atoms with van der Waals surface area (Å²) >= 11 is 0. The van der Waals surface area contributed by atoms with Gasteiger partial charge in [-0.1, -0.05) is 6.07 Å². The van der Waals surface area contributed by atoms with Gasteiger partial charge in [-0.15, -0.1) is 0 Å². The van der Waals surface area contributed by atoms with E-state index >= 15 is 0 Å². The van der Waals surface area contributed by atoms with E-state index in [0.717, 1.165) is 59.0 Å². The molecule has 1 unspecified atom stereocenters. The van der Waals surface area contributed by atoms with Crippen LogP contribution in [0.4, 0.5) is 5.82 Å². The first-order valence-electron chi connectivity index (χ1n) is 10.7. The quantitative estimate of drug-likeness (QED) is 0.662. The number of aliphatic imine (C=N–C) groups is 1. The molecule has 2 aliphatic rings. The molecule has 0 aliphatic carbocycles. The Morgan fingerprint density at radius 1 is 1.32 bits per heavy atom. The van der Waals surface area contributed by atoms with Crippen LogP contribution in [0.2, 0.25) is 0 Å². The Hall–Kier alpha value is -3.26. The summed E-state index contributed by atoms with van der Waals surface area (Å²) in [6, 6.07) is 5.66. The Balaban J connectivity index is 1.41. The third-order valence-corrected chi connectivity index (χ3v) is 6.20. The molecule has 0 saturated carbocycles. The molecule has 0 radical (unpaired) electrons. The molecule has 1 saturated heterocycles. The largest absolute Gasteiger partial charge is 0.383 e. The highest BCUT2D eigenvalue weighted by molar-refractivity contribution is 6.08. The van der Waals surface area contributed by atoms with Crippen LogP contribution in [0.1, 0.15) is 31.4 Å². The Labute approximate surface area is 180 Å². The number of nitrogens with zero attached hydrogens (tertiary/aromatic N) is 4.